The molecule has 0 aliphatic heterocycles. The summed E-state index contributed by atoms with van der Waals surface area (Å²) in [6, 6.07) is 12.1. The molecule has 2 aromatic rings. The molecule has 0 amide bonds. The predicted molar refractivity (Wildman–Crippen MR) is 93.9 cm³/mol. The van der Waals surface area contributed by atoms with Crippen molar-refractivity contribution in [3.05, 3.63) is 59.4 Å². The van der Waals surface area contributed by atoms with Crippen LogP contribution in [0, 0.1) is 6.92 Å². The first-order chi connectivity index (χ1) is 11.2. The summed E-state index contributed by atoms with van der Waals surface area (Å²) in [5.41, 5.74) is 3.43. The van der Waals surface area contributed by atoms with E-state index in [1.54, 1.807) is 14.2 Å². The third-order valence-corrected chi connectivity index (χ3v) is 3.52. The number of pyridine rings is 1. The summed E-state index contributed by atoms with van der Waals surface area (Å²) in [5.74, 6) is 1.66. The second-order valence-corrected chi connectivity index (χ2v) is 5.26. The molecule has 23 heavy (non-hydrogen) atoms. The van der Waals surface area contributed by atoms with Gasteiger partial charge in [0, 0.05) is 32.0 Å². The molecule has 0 saturated carbocycles. The summed E-state index contributed by atoms with van der Waals surface area (Å²) in [4.78, 5) is 8.54. The number of ether oxygens (including phenoxy) is 1. The van der Waals surface area contributed by atoms with Crippen LogP contribution in [-0.4, -0.2) is 31.6 Å². The minimum Gasteiger partial charge on any atom is -0.497 e. The SMILES string of the molecule is CN=C(NCCc1ccc(C)nc1)NCc1ccc(OC)cc1. The number of nitrogens with one attached hydrogen (secondary N) is 2. The number of benzene rings is 1. The number of aliphatic imine (C=N–C) groups is 1. The molecule has 0 unspecified atom stereocenters. The fourth-order valence-corrected chi connectivity index (χ4v) is 2.12. The van der Waals surface area contributed by atoms with Gasteiger partial charge in [-0.15, -0.1) is 0 Å². The highest BCUT2D eigenvalue weighted by Gasteiger charge is 2.00. The second-order valence-electron chi connectivity index (χ2n) is 5.26. The highest BCUT2D eigenvalue weighted by atomic mass is 16.5. The molecule has 1 aromatic heterocycles. The van der Waals surface area contributed by atoms with E-state index >= 15 is 0 Å². The van der Waals surface area contributed by atoms with E-state index in [1.807, 2.05) is 43.5 Å². The van der Waals surface area contributed by atoms with Crippen LogP contribution in [0.25, 0.3) is 0 Å². The van der Waals surface area contributed by atoms with Gasteiger partial charge in [-0.1, -0.05) is 18.2 Å². The molecule has 5 nitrogen and oxygen atoms in total. The van der Waals surface area contributed by atoms with E-state index < -0.39 is 0 Å². The van der Waals surface area contributed by atoms with Crippen molar-refractivity contribution in [2.45, 2.75) is 19.9 Å². The van der Waals surface area contributed by atoms with E-state index in [0.29, 0.717) is 0 Å². The zero-order valence-corrected chi connectivity index (χ0v) is 14.0. The van der Waals surface area contributed by atoms with Crippen LogP contribution in [0.2, 0.25) is 0 Å². The van der Waals surface area contributed by atoms with Crippen molar-refractivity contribution >= 4 is 5.96 Å². The Morgan fingerprint density at radius 2 is 1.83 bits per heavy atom. The molecule has 0 aliphatic rings. The summed E-state index contributed by atoms with van der Waals surface area (Å²) < 4.78 is 5.16. The van der Waals surface area contributed by atoms with Crippen LogP contribution in [0.15, 0.2) is 47.6 Å². The van der Waals surface area contributed by atoms with Crippen LogP contribution in [0.4, 0.5) is 0 Å². The minimum absolute atomic E-state index is 0.718. The van der Waals surface area contributed by atoms with Gasteiger partial charge < -0.3 is 15.4 Å². The van der Waals surface area contributed by atoms with Crippen molar-refractivity contribution in [1.29, 1.82) is 0 Å². The van der Waals surface area contributed by atoms with E-state index in [1.165, 1.54) is 11.1 Å². The lowest BCUT2D eigenvalue weighted by molar-refractivity contribution is 0.414. The van der Waals surface area contributed by atoms with Gasteiger partial charge in [0.1, 0.15) is 5.75 Å². The number of methoxy groups -OCH3 is 1. The monoisotopic (exact) mass is 312 g/mol. The molecule has 2 N–H and O–H groups in total. The third-order valence-electron chi connectivity index (χ3n) is 3.52. The summed E-state index contributed by atoms with van der Waals surface area (Å²) in [7, 11) is 3.44. The zero-order valence-electron chi connectivity index (χ0n) is 14.0. The van der Waals surface area contributed by atoms with Crippen molar-refractivity contribution in [1.82, 2.24) is 15.6 Å². The van der Waals surface area contributed by atoms with Gasteiger partial charge in [-0.2, -0.15) is 0 Å². The van der Waals surface area contributed by atoms with Gasteiger partial charge in [0.15, 0.2) is 5.96 Å². The van der Waals surface area contributed by atoms with Gasteiger partial charge in [-0.3, -0.25) is 9.98 Å². The van der Waals surface area contributed by atoms with Crippen molar-refractivity contribution in [3.63, 3.8) is 0 Å². The number of nitrogens with zero attached hydrogens (tertiary/aromatic N) is 2. The second kappa shape index (κ2) is 8.78. The molecule has 122 valence electrons. The average Bonchev–Trinajstić information content (AvgIpc) is 2.60. The van der Waals surface area contributed by atoms with E-state index in [0.717, 1.165) is 36.9 Å². The average molecular weight is 312 g/mol. The van der Waals surface area contributed by atoms with Gasteiger partial charge in [-0.05, 0) is 42.7 Å². The molecule has 2 rings (SSSR count). The van der Waals surface area contributed by atoms with Gasteiger partial charge in [0.05, 0.1) is 7.11 Å². The molecule has 0 aliphatic carbocycles. The fraction of sp³-hybridized carbons (Fsp3) is 0.333. The summed E-state index contributed by atoms with van der Waals surface area (Å²) >= 11 is 0. The van der Waals surface area contributed by atoms with Crippen LogP contribution in [0.5, 0.6) is 5.75 Å². The molecule has 0 radical (unpaired) electrons. The lowest BCUT2D eigenvalue weighted by Gasteiger charge is -2.12. The van der Waals surface area contributed by atoms with Crippen molar-refractivity contribution in [3.8, 4) is 5.75 Å². The Balaban J connectivity index is 1.75. The molecule has 0 atom stereocenters. The maximum Gasteiger partial charge on any atom is 0.191 e. The Kier molecular flexibility index (Phi) is 6.41. The van der Waals surface area contributed by atoms with E-state index in [4.69, 9.17) is 4.74 Å². The van der Waals surface area contributed by atoms with Crippen molar-refractivity contribution in [2.75, 3.05) is 20.7 Å². The topological polar surface area (TPSA) is 58.5 Å². The Morgan fingerprint density at radius 3 is 2.43 bits per heavy atom. The number of aryl methyl sites for hydroxylation is 1. The molecule has 0 saturated heterocycles. The van der Waals surface area contributed by atoms with Gasteiger partial charge in [-0.25, -0.2) is 0 Å². The normalized spacial score (nSPS) is 11.2. The Hall–Kier alpha value is -2.56. The van der Waals surface area contributed by atoms with Crippen LogP contribution in [-0.2, 0) is 13.0 Å². The first kappa shape index (κ1) is 16.8. The molecule has 5 heteroatoms. The van der Waals surface area contributed by atoms with Crippen LogP contribution in [0.1, 0.15) is 16.8 Å². The summed E-state index contributed by atoms with van der Waals surface area (Å²) in [6.07, 6.45) is 2.83. The number of hydrogen-bond acceptors (Lipinski definition) is 3. The molecule has 1 aromatic carbocycles. The van der Waals surface area contributed by atoms with E-state index in [-0.39, 0.29) is 0 Å². The van der Waals surface area contributed by atoms with Crippen molar-refractivity contribution < 1.29 is 4.74 Å². The Morgan fingerprint density at radius 1 is 1.09 bits per heavy atom. The van der Waals surface area contributed by atoms with E-state index in [9.17, 15) is 0 Å². The van der Waals surface area contributed by atoms with Gasteiger partial charge in [0.2, 0.25) is 0 Å². The Labute approximate surface area is 137 Å². The summed E-state index contributed by atoms with van der Waals surface area (Å²) in [5, 5.41) is 6.61. The quantitative estimate of drug-likeness (QED) is 0.635. The maximum atomic E-state index is 5.16. The summed E-state index contributed by atoms with van der Waals surface area (Å²) in [6.45, 7) is 3.52. The lowest BCUT2D eigenvalue weighted by Crippen LogP contribution is -2.37. The first-order valence-electron chi connectivity index (χ1n) is 7.70. The number of aromatic nitrogens is 1. The molecule has 0 fully saturated rings. The van der Waals surface area contributed by atoms with Gasteiger partial charge in [0.25, 0.3) is 0 Å². The number of hydrogen-bond donors (Lipinski definition) is 2. The van der Waals surface area contributed by atoms with Crippen LogP contribution >= 0.6 is 0 Å². The van der Waals surface area contributed by atoms with Crippen molar-refractivity contribution in [2.24, 2.45) is 4.99 Å². The molecular formula is C18H24N4O. The molecular weight excluding hydrogens is 288 g/mol. The smallest absolute Gasteiger partial charge is 0.191 e. The minimum atomic E-state index is 0.718. The zero-order chi connectivity index (χ0) is 16.5. The number of guanidine groups is 1. The largest absolute Gasteiger partial charge is 0.497 e. The van der Waals surface area contributed by atoms with Crippen LogP contribution in [0.3, 0.4) is 0 Å². The molecule has 0 bridgehead atoms. The Bertz CT molecular complexity index is 620. The standard InChI is InChI=1S/C18H24N4O/c1-14-4-5-16(12-21-14)10-11-20-18(19-2)22-13-15-6-8-17(23-3)9-7-15/h4-9,12H,10-11,13H2,1-3H3,(H2,19,20,22). The van der Waals surface area contributed by atoms with Gasteiger partial charge >= 0.3 is 0 Å². The third kappa shape index (κ3) is 5.62. The first-order valence-corrected chi connectivity index (χ1v) is 7.70. The highest BCUT2D eigenvalue weighted by molar-refractivity contribution is 5.79. The predicted octanol–water partition coefficient (Wildman–Crippen LogP) is 2.31. The van der Waals surface area contributed by atoms with Crippen LogP contribution < -0.4 is 15.4 Å². The maximum absolute atomic E-state index is 5.16. The lowest BCUT2D eigenvalue weighted by atomic mass is 10.2. The highest BCUT2D eigenvalue weighted by Crippen LogP contribution is 2.10. The molecule has 0 spiro atoms. The van der Waals surface area contributed by atoms with E-state index in [2.05, 4.69) is 26.7 Å². The molecule has 1 heterocycles. The fourth-order valence-electron chi connectivity index (χ4n) is 2.12. The number of rotatable bonds is 6.